The van der Waals surface area contributed by atoms with Gasteiger partial charge >= 0.3 is 5.97 Å². The van der Waals surface area contributed by atoms with Gasteiger partial charge in [-0.2, -0.15) is 0 Å². The lowest BCUT2D eigenvalue weighted by Crippen LogP contribution is -2.18. The minimum absolute atomic E-state index is 0.127. The Morgan fingerprint density at radius 1 is 1.43 bits per heavy atom. The van der Waals surface area contributed by atoms with E-state index in [0.717, 1.165) is 29.0 Å². The van der Waals surface area contributed by atoms with E-state index < -0.39 is 6.04 Å². The third kappa shape index (κ3) is 3.67. The summed E-state index contributed by atoms with van der Waals surface area (Å²) < 4.78 is 16.4. The molecule has 1 heterocycles. The summed E-state index contributed by atoms with van der Waals surface area (Å²) >= 11 is 0. The summed E-state index contributed by atoms with van der Waals surface area (Å²) in [5.41, 5.74) is 8.06. The Kier molecular flexibility index (Phi) is 5.07. The number of carbonyl (C=O) groups is 1. The predicted octanol–water partition coefficient (Wildman–Crippen LogP) is 2.36. The highest BCUT2D eigenvalue weighted by atomic mass is 16.5. The Morgan fingerprint density at radius 2 is 2.19 bits per heavy atom. The molecule has 0 fully saturated rings. The van der Waals surface area contributed by atoms with Crippen molar-refractivity contribution in [3.05, 3.63) is 23.3 Å². The second-order valence-corrected chi connectivity index (χ2v) is 5.18. The van der Waals surface area contributed by atoms with Gasteiger partial charge in [0.25, 0.3) is 0 Å². The molecule has 0 amide bonds. The van der Waals surface area contributed by atoms with Crippen molar-refractivity contribution in [3.63, 3.8) is 0 Å². The van der Waals surface area contributed by atoms with Crippen molar-refractivity contribution >= 4 is 5.97 Å². The molecule has 0 saturated heterocycles. The Bertz CT molecular complexity index is 515. The van der Waals surface area contributed by atoms with Gasteiger partial charge in [-0.15, -0.1) is 0 Å². The zero-order chi connectivity index (χ0) is 15.4. The summed E-state index contributed by atoms with van der Waals surface area (Å²) in [7, 11) is 0. The fraction of sp³-hybridized carbons (Fsp3) is 0.562. The fourth-order valence-electron chi connectivity index (χ4n) is 2.53. The van der Waals surface area contributed by atoms with E-state index in [4.69, 9.17) is 19.9 Å². The zero-order valence-electron chi connectivity index (χ0n) is 12.8. The summed E-state index contributed by atoms with van der Waals surface area (Å²) in [4.78, 5) is 11.6. The maximum absolute atomic E-state index is 11.6. The maximum Gasteiger partial charge on any atom is 0.307 e. The lowest BCUT2D eigenvalue weighted by Gasteiger charge is -2.17. The van der Waals surface area contributed by atoms with Crippen molar-refractivity contribution in [2.45, 2.75) is 45.8 Å². The molecule has 1 aliphatic heterocycles. The summed E-state index contributed by atoms with van der Waals surface area (Å²) in [6.45, 7) is 6.63. The number of hydrogen-bond donors (Lipinski definition) is 1. The molecular weight excluding hydrogens is 270 g/mol. The highest BCUT2D eigenvalue weighted by Crippen LogP contribution is 2.37. The van der Waals surface area contributed by atoms with Crippen molar-refractivity contribution < 1.29 is 19.0 Å². The van der Waals surface area contributed by atoms with Gasteiger partial charge in [0.05, 0.1) is 19.6 Å². The fourth-order valence-corrected chi connectivity index (χ4v) is 2.53. The standard InChI is InChI=1S/C16H23NO4/c1-4-19-15-7-11-6-10(3)21-14(11)8-12(15)13(17)9-16(18)20-5-2/h7-8,10,13H,4-6,9,17H2,1-3H3/t10?,13-/m0/s1. The van der Waals surface area contributed by atoms with Gasteiger partial charge < -0.3 is 19.9 Å². The molecule has 2 atom stereocenters. The van der Waals surface area contributed by atoms with Gasteiger partial charge in [0.2, 0.25) is 0 Å². The van der Waals surface area contributed by atoms with E-state index in [1.165, 1.54) is 0 Å². The monoisotopic (exact) mass is 293 g/mol. The van der Waals surface area contributed by atoms with Crippen LogP contribution in [0, 0.1) is 0 Å². The Labute approximate surface area is 125 Å². The first kappa shape index (κ1) is 15.6. The molecule has 0 radical (unpaired) electrons. The Balaban J connectivity index is 2.24. The van der Waals surface area contributed by atoms with Gasteiger partial charge in [-0.05, 0) is 32.9 Å². The van der Waals surface area contributed by atoms with Crippen molar-refractivity contribution in [1.29, 1.82) is 0 Å². The smallest absolute Gasteiger partial charge is 0.307 e. The molecular formula is C16H23NO4. The number of esters is 1. The average Bonchev–Trinajstić information content (AvgIpc) is 2.77. The predicted molar refractivity (Wildman–Crippen MR) is 79.6 cm³/mol. The van der Waals surface area contributed by atoms with Gasteiger partial charge in [-0.25, -0.2) is 0 Å². The summed E-state index contributed by atoms with van der Waals surface area (Å²) in [6.07, 6.45) is 1.15. The number of benzene rings is 1. The topological polar surface area (TPSA) is 70.8 Å². The highest BCUT2D eigenvalue weighted by Gasteiger charge is 2.25. The minimum atomic E-state index is -0.463. The maximum atomic E-state index is 11.6. The van der Waals surface area contributed by atoms with Crippen molar-refractivity contribution in [2.75, 3.05) is 13.2 Å². The number of nitrogens with two attached hydrogens (primary N) is 1. The van der Waals surface area contributed by atoms with Crippen LogP contribution in [0.3, 0.4) is 0 Å². The number of hydrogen-bond acceptors (Lipinski definition) is 5. The second-order valence-electron chi connectivity index (χ2n) is 5.18. The summed E-state index contributed by atoms with van der Waals surface area (Å²) in [5, 5.41) is 0. The Morgan fingerprint density at radius 3 is 2.86 bits per heavy atom. The molecule has 1 aliphatic rings. The van der Waals surface area contributed by atoms with Crippen LogP contribution in [-0.4, -0.2) is 25.3 Å². The van der Waals surface area contributed by atoms with Gasteiger partial charge in [-0.1, -0.05) is 0 Å². The molecule has 0 aromatic heterocycles. The van der Waals surface area contributed by atoms with Crippen molar-refractivity contribution in [1.82, 2.24) is 0 Å². The van der Waals surface area contributed by atoms with E-state index in [1.54, 1.807) is 6.92 Å². The van der Waals surface area contributed by atoms with Gasteiger partial charge in [-0.3, -0.25) is 4.79 Å². The minimum Gasteiger partial charge on any atom is -0.494 e. The van der Waals surface area contributed by atoms with Crippen LogP contribution in [0.5, 0.6) is 11.5 Å². The van der Waals surface area contributed by atoms with Gasteiger partial charge in [0, 0.05) is 23.6 Å². The van der Waals surface area contributed by atoms with Crippen LogP contribution in [0.1, 0.15) is 44.4 Å². The van der Waals surface area contributed by atoms with Gasteiger partial charge in [0.15, 0.2) is 0 Å². The second kappa shape index (κ2) is 6.80. The van der Waals surface area contributed by atoms with E-state index in [-0.39, 0.29) is 18.5 Å². The number of carbonyl (C=O) groups excluding carboxylic acids is 1. The first-order chi connectivity index (χ1) is 10.0. The first-order valence-corrected chi connectivity index (χ1v) is 7.42. The van der Waals surface area contributed by atoms with Crippen LogP contribution in [0.25, 0.3) is 0 Å². The number of fused-ring (bicyclic) bond motifs is 1. The third-order valence-electron chi connectivity index (χ3n) is 3.42. The molecule has 5 heteroatoms. The zero-order valence-corrected chi connectivity index (χ0v) is 12.8. The number of ether oxygens (including phenoxy) is 3. The van der Waals surface area contributed by atoms with Crippen LogP contribution in [0.15, 0.2) is 12.1 Å². The summed E-state index contributed by atoms with van der Waals surface area (Å²) in [5.74, 6) is 1.26. The SMILES string of the molecule is CCOC(=O)C[C@H](N)c1cc2c(cc1OCC)CC(C)O2. The van der Waals surface area contributed by atoms with Gasteiger partial charge in [0.1, 0.15) is 17.6 Å². The van der Waals surface area contributed by atoms with E-state index >= 15 is 0 Å². The molecule has 0 saturated carbocycles. The number of rotatable bonds is 6. The highest BCUT2D eigenvalue weighted by molar-refractivity contribution is 5.70. The van der Waals surface area contributed by atoms with Crippen LogP contribution < -0.4 is 15.2 Å². The van der Waals surface area contributed by atoms with E-state index in [9.17, 15) is 4.79 Å². The van der Waals surface area contributed by atoms with Crippen molar-refractivity contribution in [2.24, 2.45) is 5.73 Å². The third-order valence-corrected chi connectivity index (χ3v) is 3.42. The Hall–Kier alpha value is -1.75. The lowest BCUT2D eigenvalue weighted by molar-refractivity contribution is -0.143. The molecule has 0 bridgehead atoms. The van der Waals surface area contributed by atoms with E-state index in [1.807, 2.05) is 26.0 Å². The normalized spacial score (nSPS) is 17.8. The van der Waals surface area contributed by atoms with Crippen LogP contribution in [0.4, 0.5) is 0 Å². The van der Waals surface area contributed by atoms with Crippen LogP contribution in [0.2, 0.25) is 0 Å². The molecule has 2 rings (SSSR count). The van der Waals surface area contributed by atoms with E-state index in [2.05, 4.69) is 0 Å². The van der Waals surface area contributed by atoms with Crippen molar-refractivity contribution in [3.8, 4) is 11.5 Å². The molecule has 1 aromatic carbocycles. The molecule has 116 valence electrons. The average molecular weight is 293 g/mol. The molecule has 5 nitrogen and oxygen atoms in total. The van der Waals surface area contributed by atoms with E-state index in [0.29, 0.717) is 13.2 Å². The van der Waals surface area contributed by atoms with Crippen LogP contribution >= 0.6 is 0 Å². The molecule has 0 spiro atoms. The quantitative estimate of drug-likeness (QED) is 0.815. The molecule has 1 unspecified atom stereocenters. The molecule has 2 N–H and O–H groups in total. The van der Waals surface area contributed by atoms with Crippen LogP contribution in [-0.2, 0) is 16.0 Å². The largest absolute Gasteiger partial charge is 0.494 e. The first-order valence-electron chi connectivity index (χ1n) is 7.42. The summed E-state index contributed by atoms with van der Waals surface area (Å²) in [6, 6.07) is 3.41. The molecule has 21 heavy (non-hydrogen) atoms. The molecule has 0 aliphatic carbocycles. The molecule has 1 aromatic rings. The lowest BCUT2D eigenvalue weighted by atomic mass is 10.00.